The van der Waals surface area contributed by atoms with Gasteiger partial charge >= 0.3 is 0 Å². The van der Waals surface area contributed by atoms with Crippen molar-refractivity contribution in [3.63, 3.8) is 0 Å². The van der Waals surface area contributed by atoms with Crippen molar-refractivity contribution in [2.45, 2.75) is 17.7 Å². The maximum Gasteiger partial charge on any atom is 0.265 e. The van der Waals surface area contributed by atoms with Gasteiger partial charge in [0.2, 0.25) is 0 Å². The van der Waals surface area contributed by atoms with Crippen molar-refractivity contribution in [1.82, 2.24) is 25.4 Å². The van der Waals surface area contributed by atoms with E-state index in [1.807, 2.05) is 59.7 Å². The predicted molar refractivity (Wildman–Crippen MR) is 173 cm³/mol. The highest BCUT2D eigenvalue weighted by molar-refractivity contribution is 7.92. The van der Waals surface area contributed by atoms with E-state index in [9.17, 15) is 13.2 Å². The lowest BCUT2D eigenvalue weighted by Crippen LogP contribution is -2.39. The number of carbonyl (C=O) groups excluding carboxylic acids is 1. The van der Waals surface area contributed by atoms with Crippen molar-refractivity contribution in [2.75, 3.05) is 24.4 Å². The number of benzene rings is 3. The molecule has 4 heterocycles. The Morgan fingerprint density at radius 1 is 0.909 bits per heavy atom. The molecule has 1 amide bonds. The predicted octanol–water partition coefficient (Wildman–Crippen LogP) is 6.01. The van der Waals surface area contributed by atoms with Gasteiger partial charge in [-0.3, -0.25) is 19.5 Å². The number of sulfonamides is 1. The van der Waals surface area contributed by atoms with E-state index >= 15 is 0 Å². The summed E-state index contributed by atoms with van der Waals surface area (Å²) >= 11 is 0. The maximum absolute atomic E-state index is 13.4. The van der Waals surface area contributed by atoms with Crippen LogP contribution in [0.3, 0.4) is 0 Å². The minimum absolute atomic E-state index is 0.125. The van der Waals surface area contributed by atoms with Crippen LogP contribution in [0.2, 0.25) is 0 Å². The van der Waals surface area contributed by atoms with E-state index in [1.54, 1.807) is 55.8 Å². The van der Waals surface area contributed by atoms with Crippen LogP contribution in [0.4, 0.5) is 5.69 Å². The molecule has 3 aromatic heterocycles. The highest BCUT2D eigenvalue weighted by Crippen LogP contribution is 2.41. The zero-order chi connectivity index (χ0) is 30.3. The molecule has 220 valence electrons. The van der Waals surface area contributed by atoms with Crippen molar-refractivity contribution in [3.05, 3.63) is 109 Å². The van der Waals surface area contributed by atoms with Crippen LogP contribution in [0.1, 0.15) is 23.2 Å². The number of H-pyrrole nitrogens is 1. The van der Waals surface area contributed by atoms with Crippen LogP contribution in [0, 0.1) is 0 Å². The first-order valence-electron chi connectivity index (χ1n) is 14.5. The Bertz CT molecular complexity index is 2090. The number of nitrogens with one attached hydrogen (secondary N) is 2. The molecule has 1 aliphatic rings. The van der Waals surface area contributed by atoms with Crippen LogP contribution in [0.25, 0.3) is 44.2 Å². The molecule has 6 aromatic rings. The molecule has 0 radical (unpaired) electrons. The Labute approximate surface area is 255 Å². The number of anilines is 1. The summed E-state index contributed by atoms with van der Waals surface area (Å²) in [5.41, 5.74) is 9.28. The Morgan fingerprint density at radius 3 is 2.36 bits per heavy atom. The van der Waals surface area contributed by atoms with Gasteiger partial charge in [0, 0.05) is 71.7 Å². The first-order chi connectivity index (χ1) is 21.4. The highest BCUT2D eigenvalue weighted by atomic mass is 32.2. The molecule has 1 saturated heterocycles. The number of nitrogens with zero attached hydrogens (tertiary/aromatic N) is 4. The summed E-state index contributed by atoms with van der Waals surface area (Å²) in [6.45, 7) is 1.73. The molecule has 0 aliphatic carbocycles. The second-order valence-corrected chi connectivity index (χ2v) is 12.8. The van der Waals surface area contributed by atoms with Crippen molar-refractivity contribution in [3.8, 4) is 22.3 Å². The second-order valence-electron chi connectivity index (χ2n) is 10.9. The molecule has 1 aliphatic heterocycles. The number of pyridine rings is 2. The molecule has 2 N–H and O–H groups in total. The minimum Gasteiger partial charge on any atom is -0.339 e. The number of aromatic amines is 1. The van der Waals surface area contributed by atoms with Gasteiger partial charge in [-0.15, -0.1) is 0 Å². The Hall–Kier alpha value is -5.06. The zero-order valence-corrected chi connectivity index (χ0v) is 24.9. The zero-order valence-electron chi connectivity index (χ0n) is 24.1. The number of carbonyl (C=O) groups is 1. The fourth-order valence-electron chi connectivity index (χ4n) is 5.80. The molecule has 9 nitrogen and oxygen atoms in total. The van der Waals surface area contributed by atoms with Gasteiger partial charge in [0.1, 0.15) is 5.65 Å². The summed E-state index contributed by atoms with van der Waals surface area (Å²) < 4.78 is 28.2. The van der Waals surface area contributed by atoms with Crippen LogP contribution in [-0.2, 0) is 10.0 Å². The number of rotatable bonds is 7. The number of aromatic nitrogens is 3. The van der Waals surface area contributed by atoms with E-state index in [1.165, 1.54) is 4.31 Å². The molecule has 7 rings (SSSR count). The Balaban J connectivity index is 1.35. The Morgan fingerprint density at radius 2 is 1.64 bits per heavy atom. The summed E-state index contributed by atoms with van der Waals surface area (Å²) in [6, 6.07) is 25.4. The third-order valence-corrected chi connectivity index (χ3v) is 9.96. The number of fused-ring (bicyclic) bond motifs is 3. The van der Waals surface area contributed by atoms with Crippen molar-refractivity contribution in [2.24, 2.45) is 0 Å². The second kappa shape index (κ2) is 11.2. The number of amides is 1. The smallest absolute Gasteiger partial charge is 0.265 e. The van der Waals surface area contributed by atoms with E-state index in [0.717, 1.165) is 64.5 Å². The molecule has 0 bridgehead atoms. The van der Waals surface area contributed by atoms with Crippen LogP contribution < -0.4 is 9.73 Å². The minimum atomic E-state index is -3.77. The van der Waals surface area contributed by atoms with Gasteiger partial charge in [0.05, 0.1) is 10.6 Å². The molecular weight excluding hydrogens is 572 g/mol. The average Bonchev–Trinajstić information content (AvgIpc) is 3.72. The molecule has 44 heavy (non-hydrogen) atoms. The van der Waals surface area contributed by atoms with Gasteiger partial charge in [-0.2, -0.15) is 0 Å². The van der Waals surface area contributed by atoms with Crippen molar-refractivity contribution >= 4 is 43.6 Å². The average molecular weight is 603 g/mol. The number of hydrogen-bond donors (Lipinski definition) is 2. The maximum atomic E-state index is 13.4. The van der Waals surface area contributed by atoms with Crippen LogP contribution >= 0.6 is 0 Å². The highest BCUT2D eigenvalue weighted by Gasteiger charge is 2.23. The quantitative estimate of drug-likeness (QED) is 0.232. The lowest BCUT2D eigenvalue weighted by atomic mass is 9.93. The molecule has 0 spiro atoms. The summed E-state index contributed by atoms with van der Waals surface area (Å²) in [7, 11) is -2.20. The van der Waals surface area contributed by atoms with Crippen LogP contribution in [0.5, 0.6) is 0 Å². The summed E-state index contributed by atoms with van der Waals surface area (Å²) in [5, 5.41) is 3.67. The molecule has 0 unspecified atom stereocenters. The molecular formula is C34H30N6O3S. The fraction of sp³-hybridized carbons (Fsp3) is 0.147. The molecule has 0 saturated carbocycles. The lowest BCUT2D eigenvalue weighted by Gasteiger charge is -2.20. The van der Waals surface area contributed by atoms with Crippen LogP contribution in [-0.4, -0.2) is 54.4 Å². The Kier molecular flexibility index (Phi) is 7.07. The SMILES string of the molecule is CN(c1ccc2[nH]c3ncc(-c4ccc(C(=O)NN5CCCC5)cc4)c(-c4ccncc4)c3c2c1)S(=O)(=O)c1ccccc1. The van der Waals surface area contributed by atoms with Gasteiger partial charge < -0.3 is 4.98 Å². The molecule has 3 aromatic carbocycles. The standard InChI is InChI=1S/C34H30N6O3S/c1-39(44(42,43)27-7-3-2-4-8-27)26-13-14-30-28(21-26)32-31(24-15-17-35-18-16-24)29(22-36-33(32)37-30)23-9-11-25(12-10-23)34(41)38-40-19-5-6-20-40/h2-4,7-18,21-22H,5-6,19-20H2,1H3,(H,36,37)(H,38,41). The summed E-state index contributed by atoms with van der Waals surface area (Å²) in [4.78, 5) is 25.5. The third-order valence-electron chi connectivity index (χ3n) is 8.16. The van der Waals surface area contributed by atoms with E-state index in [4.69, 9.17) is 4.98 Å². The summed E-state index contributed by atoms with van der Waals surface area (Å²) in [6.07, 6.45) is 7.50. The van der Waals surface area contributed by atoms with E-state index < -0.39 is 10.0 Å². The van der Waals surface area contributed by atoms with Gasteiger partial charge in [-0.05, 0) is 78.6 Å². The first kappa shape index (κ1) is 27.8. The molecule has 1 fully saturated rings. The fourth-order valence-corrected chi connectivity index (χ4v) is 7.01. The number of hydrazine groups is 1. The largest absolute Gasteiger partial charge is 0.339 e. The van der Waals surface area contributed by atoms with Gasteiger partial charge in [-0.25, -0.2) is 18.4 Å². The van der Waals surface area contributed by atoms with E-state index in [0.29, 0.717) is 16.9 Å². The van der Waals surface area contributed by atoms with Gasteiger partial charge in [0.15, 0.2) is 0 Å². The van der Waals surface area contributed by atoms with Gasteiger partial charge in [-0.1, -0.05) is 30.3 Å². The van der Waals surface area contributed by atoms with Crippen molar-refractivity contribution < 1.29 is 13.2 Å². The lowest BCUT2D eigenvalue weighted by molar-refractivity contribution is 0.0826. The van der Waals surface area contributed by atoms with Crippen molar-refractivity contribution in [1.29, 1.82) is 0 Å². The van der Waals surface area contributed by atoms with E-state index in [2.05, 4.69) is 15.4 Å². The topological polar surface area (TPSA) is 111 Å². The van der Waals surface area contributed by atoms with Crippen LogP contribution in [0.15, 0.2) is 108 Å². The first-order valence-corrected chi connectivity index (χ1v) is 15.9. The monoisotopic (exact) mass is 602 g/mol. The van der Waals surface area contributed by atoms with E-state index in [-0.39, 0.29) is 10.8 Å². The number of hydrogen-bond acceptors (Lipinski definition) is 6. The normalized spacial score (nSPS) is 13.8. The third kappa shape index (κ3) is 4.97. The summed E-state index contributed by atoms with van der Waals surface area (Å²) in [5.74, 6) is -0.125. The molecule has 10 heteroatoms. The van der Waals surface area contributed by atoms with Gasteiger partial charge in [0.25, 0.3) is 15.9 Å². The molecule has 0 atom stereocenters.